The van der Waals surface area contributed by atoms with Crippen molar-refractivity contribution >= 4 is 5.97 Å². The van der Waals surface area contributed by atoms with Gasteiger partial charge in [0, 0.05) is 12.5 Å². The second-order valence-electron chi connectivity index (χ2n) is 4.12. The fourth-order valence-electron chi connectivity index (χ4n) is 2.00. The number of phenols is 1. The molecule has 0 radical (unpaired) electrons. The van der Waals surface area contributed by atoms with Crippen molar-refractivity contribution in [2.45, 2.75) is 25.7 Å². The maximum Gasteiger partial charge on any atom is 0.303 e. The summed E-state index contributed by atoms with van der Waals surface area (Å²) in [6.07, 6.45) is 0.843. The summed E-state index contributed by atoms with van der Waals surface area (Å²) in [6, 6.07) is 3.43. The molecule has 0 spiro atoms. The van der Waals surface area contributed by atoms with Crippen LogP contribution in [0, 0.1) is 0 Å². The van der Waals surface area contributed by atoms with Crippen molar-refractivity contribution in [3.63, 3.8) is 0 Å². The van der Waals surface area contributed by atoms with Crippen molar-refractivity contribution in [3.8, 4) is 11.5 Å². The summed E-state index contributed by atoms with van der Waals surface area (Å²) in [4.78, 5) is 10.6. The molecule has 1 aliphatic heterocycles. The number of carbonyl (C=O) groups is 1. The van der Waals surface area contributed by atoms with E-state index in [1.54, 1.807) is 13.0 Å². The van der Waals surface area contributed by atoms with Crippen LogP contribution < -0.4 is 4.74 Å². The van der Waals surface area contributed by atoms with Crippen LogP contribution in [0.15, 0.2) is 12.1 Å². The van der Waals surface area contributed by atoms with Crippen LogP contribution in [-0.2, 0) is 11.2 Å². The van der Waals surface area contributed by atoms with E-state index in [2.05, 4.69) is 0 Å². The monoisotopic (exact) mass is 222 g/mol. The lowest BCUT2D eigenvalue weighted by Gasteiger charge is -2.12. The Morgan fingerprint density at radius 2 is 2.31 bits per heavy atom. The van der Waals surface area contributed by atoms with E-state index in [0.29, 0.717) is 17.9 Å². The Morgan fingerprint density at radius 3 is 3.00 bits per heavy atom. The van der Waals surface area contributed by atoms with Gasteiger partial charge in [-0.25, -0.2) is 0 Å². The Hall–Kier alpha value is -1.71. The van der Waals surface area contributed by atoms with Gasteiger partial charge in [-0.3, -0.25) is 4.79 Å². The summed E-state index contributed by atoms with van der Waals surface area (Å²) in [5.74, 6) is -0.217. The van der Waals surface area contributed by atoms with Gasteiger partial charge < -0.3 is 14.9 Å². The largest absolute Gasteiger partial charge is 0.508 e. The maximum absolute atomic E-state index is 10.6. The van der Waals surface area contributed by atoms with Crippen LogP contribution in [0.5, 0.6) is 11.5 Å². The van der Waals surface area contributed by atoms with E-state index in [-0.39, 0.29) is 18.1 Å². The van der Waals surface area contributed by atoms with Crippen molar-refractivity contribution < 1.29 is 19.7 Å². The minimum Gasteiger partial charge on any atom is -0.508 e. The molecule has 4 nitrogen and oxygen atoms in total. The predicted octanol–water partition coefficient (Wildman–Crippen LogP) is 1.91. The molecule has 1 aromatic rings. The number of fused-ring (bicyclic) bond motifs is 1. The molecule has 0 fully saturated rings. The third-order valence-corrected chi connectivity index (χ3v) is 2.85. The summed E-state index contributed by atoms with van der Waals surface area (Å²) in [6.45, 7) is 2.43. The van der Waals surface area contributed by atoms with Gasteiger partial charge in [0.25, 0.3) is 0 Å². The first kappa shape index (κ1) is 10.8. The van der Waals surface area contributed by atoms with Crippen LogP contribution in [0.25, 0.3) is 0 Å². The molecule has 2 rings (SSSR count). The zero-order chi connectivity index (χ0) is 11.7. The first-order valence-corrected chi connectivity index (χ1v) is 5.28. The number of hydrogen-bond acceptors (Lipinski definition) is 3. The Labute approximate surface area is 93.5 Å². The lowest BCUT2D eigenvalue weighted by Crippen LogP contribution is -2.03. The highest BCUT2D eigenvalue weighted by atomic mass is 16.5. The summed E-state index contributed by atoms with van der Waals surface area (Å²) in [5, 5.41) is 18.5. The van der Waals surface area contributed by atoms with E-state index in [9.17, 15) is 9.90 Å². The van der Waals surface area contributed by atoms with Gasteiger partial charge in [0.1, 0.15) is 11.5 Å². The molecule has 0 saturated heterocycles. The van der Waals surface area contributed by atoms with Crippen LogP contribution in [0.1, 0.15) is 30.4 Å². The highest BCUT2D eigenvalue weighted by Crippen LogP contribution is 2.36. The number of phenolic OH excluding ortho intramolecular Hbond substituents is 1. The molecule has 0 saturated carbocycles. The zero-order valence-corrected chi connectivity index (χ0v) is 9.06. The molecule has 4 heteroatoms. The van der Waals surface area contributed by atoms with E-state index in [0.717, 1.165) is 12.0 Å². The number of rotatable bonds is 3. The van der Waals surface area contributed by atoms with Gasteiger partial charge in [0.05, 0.1) is 13.0 Å². The van der Waals surface area contributed by atoms with E-state index < -0.39 is 5.97 Å². The number of carboxylic acids is 1. The number of benzene rings is 1. The fourth-order valence-corrected chi connectivity index (χ4v) is 2.00. The van der Waals surface area contributed by atoms with Crippen LogP contribution in [0.3, 0.4) is 0 Å². The van der Waals surface area contributed by atoms with Gasteiger partial charge in [-0.1, -0.05) is 6.92 Å². The van der Waals surface area contributed by atoms with Gasteiger partial charge in [0.2, 0.25) is 0 Å². The average molecular weight is 222 g/mol. The number of aliphatic carboxylic acids is 1. The Bertz CT molecular complexity index is 425. The summed E-state index contributed by atoms with van der Waals surface area (Å²) in [5.41, 5.74) is 1.73. The van der Waals surface area contributed by atoms with Crippen molar-refractivity contribution in [1.82, 2.24) is 0 Å². The Balaban J connectivity index is 2.30. The minimum absolute atomic E-state index is 0.0210. The van der Waals surface area contributed by atoms with E-state index in [4.69, 9.17) is 9.84 Å². The lowest BCUT2D eigenvalue weighted by molar-refractivity contribution is -0.137. The molecule has 2 N–H and O–H groups in total. The smallest absolute Gasteiger partial charge is 0.303 e. The molecule has 0 bridgehead atoms. The number of ether oxygens (including phenoxy) is 1. The van der Waals surface area contributed by atoms with E-state index >= 15 is 0 Å². The van der Waals surface area contributed by atoms with Gasteiger partial charge in [0.15, 0.2) is 0 Å². The Morgan fingerprint density at radius 1 is 1.56 bits per heavy atom. The molecule has 1 unspecified atom stereocenters. The molecule has 16 heavy (non-hydrogen) atoms. The standard InChI is InChI=1S/C12H14O4/c1-7(4-12(14)15)9-5-8-2-3-16-11(8)6-10(9)13/h5-7,13H,2-4H2,1H3,(H,14,15). The van der Waals surface area contributed by atoms with Crippen LogP contribution in [0.4, 0.5) is 0 Å². The first-order chi connectivity index (χ1) is 7.58. The van der Waals surface area contributed by atoms with Crippen LogP contribution in [-0.4, -0.2) is 22.8 Å². The molecule has 0 amide bonds. The van der Waals surface area contributed by atoms with Gasteiger partial charge >= 0.3 is 5.97 Å². The Kier molecular flexibility index (Phi) is 2.73. The second kappa shape index (κ2) is 4.04. The topological polar surface area (TPSA) is 66.8 Å². The highest BCUT2D eigenvalue weighted by molar-refractivity contribution is 5.68. The highest BCUT2D eigenvalue weighted by Gasteiger charge is 2.20. The SMILES string of the molecule is CC(CC(=O)O)c1cc2c(cc1O)OCC2. The third kappa shape index (κ3) is 1.96. The van der Waals surface area contributed by atoms with Crippen LogP contribution in [0.2, 0.25) is 0 Å². The molecule has 0 aromatic heterocycles. The first-order valence-electron chi connectivity index (χ1n) is 5.28. The average Bonchev–Trinajstić information content (AvgIpc) is 2.61. The third-order valence-electron chi connectivity index (χ3n) is 2.85. The zero-order valence-electron chi connectivity index (χ0n) is 9.06. The molecular formula is C12H14O4. The number of aromatic hydroxyl groups is 1. The van der Waals surface area contributed by atoms with Gasteiger partial charge in [-0.15, -0.1) is 0 Å². The van der Waals surface area contributed by atoms with Crippen molar-refractivity contribution in [1.29, 1.82) is 0 Å². The second-order valence-corrected chi connectivity index (χ2v) is 4.12. The van der Waals surface area contributed by atoms with Gasteiger partial charge in [-0.05, 0) is 23.1 Å². The van der Waals surface area contributed by atoms with E-state index in [1.807, 2.05) is 6.07 Å². The molecular weight excluding hydrogens is 208 g/mol. The molecule has 1 heterocycles. The number of carboxylic acid groups (broad SMARTS) is 1. The maximum atomic E-state index is 10.6. The van der Waals surface area contributed by atoms with Gasteiger partial charge in [-0.2, -0.15) is 0 Å². The molecule has 0 aliphatic carbocycles. The fraction of sp³-hybridized carbons (Fsp3) is 0.417. The minimum atomic E-state index is -0.858. The molecule has 86 valence electrons. The number of hydrogen-bond donors (Lipinski definition) is 2. The predicted molar refractivity (Wildman–Crippen MR) is 58.0 cm³/mol. The summed E-state index contributed by atoms with van der Waals surface area (Å²) in [7, 11) is 0. The van der Waals surface area contributed by atoms with Crippen LogP contribution >= 0.6 is 0 Å². The van der Waals surface area contributed by atoms with Crippen molar-refractivity contribution in [2.75, 3.05) is 6.61 Å². The molecule has 1 aliphatic rings. The van der Waals surface area contributed by atoms with Crippen molar-refractivity contribution in [3.05, 3.63) is 23.3 Å². The summed E-state index contributed by atoms with van der Waals surface area (Å²) >= 11 is 0. The quantitative estimate of drug-likeness (QED) is 0.819. The molecule has 1 aromatic carbocycles. The summed E-state index contributed by atoms with van der Waals surface area (Å²) < 4.78 is 5.32. The lowest BCUT2D eigenvalue weighted by atomic mass is 9.94. The molecule has 1 atom stereocenters. The van der Waals surface area contributed by atoms with Crippen molar-refractivity contribution in [2.24, 2.45) is 0 Å². The normalized spacial score (nSPS) is 15.3. The van der Waals surface area contributed by atoms with E-state index in [1.165, 1.54) is 0 Å².